The second-order valence-electron chi connectivity index (χ2n) is 7.25. The third-order valence-corrected chi connectivity index (χ3v) is 5.22. The zero-order valence-corrected chi connectivity index (χ0v) is 16.3. The molecule has 1 aliphatic rings. The second kappa shape index (κ2) is 8.84. The topological polar surface area (TPSA) is 58.4 Å². The molecule has 0 aliphatic carbocycles. The van der Waals surface area contributed by atoms with Gasteiger partial charge in [0.25, 0.3) is 5.56 Å². The number of rotatable bonds is 5. The quantitative estimate of drug-likeness (QED) is 0.673. The lowest BCUT2D eigenvalue weighted by atomic mass is 10.2. The fourth-order valence-corrected chi connectivity index (χ4v) is 3.57. The molecule has 0 spiro atoms. The smallest absolute Gasteiger partial charge is 0.269 e. The van der Waals surface area contributed by atoms with Crippen molar-refractivity contribution < 1.29 is 4.79 Å². The minimum Gasteiger partial charge on any atom is -0.339 e. The Morgan fingerprint density at radius 2 is 1.55 bits per heavy atom. The molecule has 6 nitrogen and oxygen atoms in total. The first kappa shape index (κ1) is 19.1. The van der Waals surface area contributed by atoms with Crippen molar-refractivity contribution in [1.29, 1.82) is 0 Å². The normalized spacial score (nSPS) is 14.7. The summed E-state index contributed by atoms with van der Waals surface area (Å²) < 4.78 is 1.45. The average molecular weight is 388 g/mol. The molecule has 0 bridgehead atoms. The summed E-state index contributed by atoms with van der Waals surface area (Å²) in [5.41, 5.74) is 2.62. The van der Waals surface area contributed by atoms with E-state index in [9.17, 15) is 9.59 Å². The first-order valence-corrected chi connectivity index (χ1v) is 9.85. The van der Waals surface area contributed by atoms with Crippen molar-refractivity contribution >= 4 is 5.91 Å². The first-order chi connectivity index (χ1) is 14.2. The average Bonchev–Trinajstić information content (AvgIpc) is 2.77. The summed E-state index contributed by atoms with van der Waals surface area (Å²) in [5, 5.41) is 0. The van der Waals surface area contributed by atoms with Crippen LogP contribution in [0, 0.1) is 0 Å². The maximum absolute atomic E-state index is 12.8. The number of carbonyl (C=O) groups excluding carboxylic acids is 1. The zero-order chi connectivity index (χ0) is 20.1. The highest BCUT2D eigenvalue weighted by atomic mass is 16.2. The number of hydrogen-bond acceptors (Lipinski definition) is 4. The molecule has 148 valence electrons. The molecular weight excluding hydrogens is 364 g/mol. The van der Waals surface area contributed by atoms with Gasteiger partial charge in [-0.1, -0.05) is 60.7 Å². The molecule has 2 aromatic carbocycles. The Morgan fingerprint density at radius 3 is 2.24 bits per heavy atom. The fourth-order valence-electron chi connectivity index (χ4n) is 3.57. The van der Waals surface area contributed by atoms with Gasteiger partial charge in [0.1, 0.15) is 6.54 Å². The van der Waals surface area contributed by atoms with Crippen molar-refractivity contribution in [3.8, 4) is 11.3 Å². The fraction of sp³-hybridized carbons (Fsp3) is 0.261. The molecule has 1 aliphatic heterocycles. The number of amides is 1. The van der Waals surface area contributed by atoms with Crippen molar-refractivity contribution in [1.82, 2.24) is 19.4 Å². The Bertz CT molecular complexity index is 1010. The molecule has 1 saturated heterocycles. The van der Waals surface area contributed by atoms with Gasteiger partial charge in [-0.05, 0) is 5.56 Å². The Labute approximate surface area is 170 Å². The highest BCUT2D eigenvalue weighted by molar-refractivity contribution is 5.76. The molecule has 0 saturated carbocycles. The van der Waals surface area contributed by atoms with Gasteiger partial charge in [-0.3, -0.25) is 14.5 Å². The van der Waals surface area contributed by atoms with Gasteiger partial charge >= 0.3 is 0 Å². The number of aromatic nitrogens is 2. The van der Waals surface area contributed by atoms with Crippen LogP contribution in [0.25, 0.3) is 11.3 Å². The minimum absolute atomic E-state index is 0.0309. The van der Waals surface area contributed by atoms with Gasteiger partial charge in [-0.2, -0.15) is 0 Å². The van der Waals surface area contributed by atoms with Crippen LogP contribution in [0.15, 0.2) is 77.9 Å². The van der Waals surface area contributed by atoms with Crippen molar-refractivity contribution in [2.24, 2.45) is 0 Å². The lowest BCUT2D eigenvalue weighted by molar-refractivity contribution is -0.133. The lowest BCUT2D eigenvalue weighted by Crippen LogP contribution is -2.49. The summed E-state index contributed by atoms with van der Waals surface area (Å²) in [4.78, 5) is 33.4. The van der Waals surface area contributed by atoms with Crippen LogP contribution in [0.3, 0.4) is 0 Å². The van der Waals surface area contributed by atoms with Crippen LogP contribution in [0.1, 0.15) is 5.56 Å². The molecule has 0 unspecified atom stereocenters. The first-order valence-electron chi connectivity index (χ1n) is 9.85. The standard InChI is InChI=1S/C23H24N4O2/c28-22-15-24-21(20-9-5-2-6-10-20)17-27(22)18-23(29)26-13-11-25(12-14-26)16-19-7-3-1-4-8-19/h1-10,15,17H,11-14,16,18H2. The number of hydrogen-bond donors (Lipinski definition) is 0. The lowest BCUT2D eigenvalue weighted by Gasteiger charge is -2.34. The van der Waals surface area contributed by atoms with E-state index in [4.69, 9.17) is 0 Å². The largest absolute Gasteiger partial charge is 0.339 e. The van der Waals surface area contributed by atoms with Crippen LogP contribution in [0.5, 0.6) is 0 Å². The van der Waals surface area contributed by atoms with Crippen molar-refractivity contribution in [2.75, 3.05) is 26.2 Å². The second-order valence-corrected chi connectivity index (χ2v) is 7.25. The van der Waals surface area contributed by atoms with Crippen LogP contribution >= 0.6 is 0 Å². The van der Waals surface area contributed by atoms with Crippen LogP contribution in [0.2, 0.25) is 0 Å². The van der Waals surface area contributed by atoms with Crippen LogP contribution < -0.4 is 5.56 Å². The van der Waals surface area contributed by atoms with Crippen molar-refractivity contribution in [3.05, 3.63) is 89.0 Å². The summed E-state index contributed by atoms with van der Waals surface area (Å²) in [7, 11) is 0. The van der Waals surface area contributed by atoms with E-state index in [1.54, 1.807) is 6.20 Å². The molecule has 0 N–H and O–H groups in total. The van der Waals surface area contributed by atoms with Gasteiger partial charge in [0.2, 0.25) is 5.91 Å². The van der Waals surface area contributed by atoms with E-state index in [1.165, 1.54) is 16.3 Å². The minimum atomic E-state index is -0.263. The molecular formula is C23H24N4O2. The molecule has 4 rings (SSSR count). The molecule has 29 heavy (non-hydrogen) atoms. The van der Waals surface area contributed by atoms with E-state index >= 15 is 0 Å². The maximum atomic E-state index is 12.8. The molecule has 3 aromatic rings. The summed E-state index contributed by atoms with van der Waals surface area (Å²) >= 11 is 0. The molecule has 1 aromatic heterocycles. The van der Waals surface area contributed by atoms with E-state index in [1.807, 2.05) is 53.4 Å². The van der Waals surface area contributed by atoms with Gasteiger partial charge in [0, 0.05) is 44.5 Å². The molecule has 2 heterocycles. The SMILES string of the molecule is O=C(Cn1cc(-c2ccccc2)ncc1=O)N1CCN(Cc2ccccc2)CC1. The zero-order valence-electron chi connectivity index (χ0n) is 16.3. The van der Waals surface area contributed by atoms with Gasteiger partial charge in [0.15, 0.2) is 0 Å². The Balaban J connectivity index is 1.37. The van der Waals surface area contributed by atoms with Crippen molar-refractivity contribution in [3.63, 3.8) is 0 Å². The van der Waals surface area contributed by atoms with E-state index in [2.05, 4.69) is 22.0 Å². The predicted molar refractivity (Wildman–Crippen MR) is 112 cm³/mol. The third kappa shape index (κ3) is 4.78. The Kier molecular flexibility index (Phi) is 5.81. The summed E-state index contributed by atoms with van der Waals surface area (Å²) in [6.07, 6.45) is 2.95. The molecule has 0 radical (unpaired) electrons. The van der Waals surface area contributed by atoms with Gasteiger partial charge < -0.3 is 9.47 Å². The molecule has 6 heteroatoms. The predicted octanol–water partition coefficient (Wildman–Crippen LogP) is 2.25. The summed E-state index contributed by atoms with van der Waals surface area (Å²) in [5.74, 6) is -0.0309. The Morgan fingerprint density at radius 1 is 0.897 bits per heavy atom. The highest BCUT2D eigenvalue weighted by Gasteiger charge is 2.21. The van der Waals surface area contributed by atoms with Crippen LogP contribution in [0.4, 0.5) is 0 Å². The summed E-state index contributed by atoms with van der Waals surface area (Å²) in [6.45, 7) is 3.96. The number of nitrogens with zero attached hydrogens (tertiary/aromatic N) is 4. The maximum Gasteiger partial charge on any atom is 0.269 e. The van der Waals surface area contributed by atoms with Gasteiger partial charge in [-0.25, -0.2) is 4.98 Å². The van der Waals surface area contributed by atoms with Crippen LogP contribution in [-0.4, -0.2) is 51.4 Å². The van der Waals surface area contributed by atoms with Gasteiger partial charge in [0.05, 0.1) is 11.9 Å². The Hall–Kier alpha value is -3.25. The summed E-state index contributed by atoms with van der Waals surface area (Å²) in [6, 6.07) is 20.0. The monoisotopic (exact) mass is 388 g/mol. The van der Waals surface area contributed by atoms with E-state index in [-0.39, 0.29) is 18.0 Å². The number of benzene rings is 2. The number of carbonyl (C=O) groups is 1. The van der Waals surface area contributed by atoms with E-state index in [0.717, 1.165) is 25.2 Å². The number of piperazine rings is 1. The third-order valence-electron chi connectivity index (χ3n) is 5.22. The van der Waals surface area contributed by atoms with E-state index in [0.29, 0.717) is 18.8 Å². The van der Waals surface area contributed by atoms with Gasteiger partial charge in [-0.15, -0.1) is 0 Å². The van der Waals surface area contributed by atoms with Crippen molar-refractivity contribution in [2.45, 2.75) is 13.1 Å². The molecule has 1 fully saturated rings. The highest BCUT2D eigenvalue weighted by Crippen LogP contribution is 2.14. The molecule has 1 amide bonds. The van der Waals surface area contributed by atoms with Crippen LogP contribution in [-0.2, 0) is 17.9 Å². The van der Waals surface area contributed by atoms with E-state index < -0.39 is 0 Å². The molecule has 0 atom stereocenters.